The van der Waals surface area contributed by atoms with Crippen molar-refractivity contribution in [3.8, 4) is 0 Å². The standard InChI is InChI=1S/C17H30BrNO3SSi/c1-17(2,3)24(4,5)21-11-9-13(15-16(18)23-12-19-15)22-14-8-6-7-10-20-14/h12-14H,6-11H2,1-5H3. The van der Waals surface area contributed by atoms with Gasteiger partial charge in [0.1, 0.15) is 6.10 Å². The summed E-state index contributed by atoms with van der Waals surface area (Å²) in [5, 5.41) is 0.219. The lowest BCUT2D eigenvalue weighted by molar-refractivity contribution is -0.193. The molecule has 0 spiro atoms. The van der Waals surface area contributed by atoms with Crippen molar-refractivity contribution in [1.82, 2.24) is 4.98 Å². The van der Waals surface area contributed by atoms with Gasteiger partial charge in [0.2, 0.25) is 0 Å². The summed E-state index contributed by atoms with van der Waals surface area (Å²) in [6, 6.07) is 0. The fourth-order valence-electron chi connectivity index (χ4n) is 2.36. The van der Waals surface area contributed by atoms with E-state index in [9.17, 15) is 0 Å². The lowest BCUT2D eigenvalue weighted by Gasteiger charge is -2.36. The highest BCUT2D eigenvalue weighted by atomic mass is 79.9. The van der Waals surface area contributed by atoms with Gasteiger partial charge in [0, 0.05) is 19.6 Å². The largest absolute Gasteiger partial charge is 0.417 e. The lowest BCUT2D eigenvalue weighted by atomic mass is 10.2. The summed E-state index contributed by atoms with van der Waals surface area (Å²) in [6.07, 6.45) is 3.84. The number of thiazole rings is 1. The summed E-state index contributed by atoms with van der Waals surface area (Å²) in [6.45, 7) is 12.8. The molecule has 1 aliphatic rings. The Labute approximate surface area is 159 Å². The van der Waals surface area contributed by atoms with Crippen molar-refractivity contribution in [3.63, 3.8) is 0 Å². The van der Waals surface area contributed by atoms with Crippen LogP contribution < -0.4 is 0 Å². The van der Waals surface area contributed by atoms with Crippen LogP contribution in [0.25, 0.3) is 0 Å². The zero-order valence-electron chi connectivity index (χ0n) is 15.4. The van der Waals surface area contributed by atoms with Gasteiger partial charge in [-0.15, -0.1) is 11.3 Å². The van der Waals surface area contributed by atoms with Gasteiger partial charge in [-0.05, 0) is 53.3 Å². The van der Waals surface area contributed by atoms with Gasteiger partial charge in [0.05, 0.1) is 15.0 Å². The van der Waals surface area contributed by atoms with E-state index < -0.39 is 8.32 Å². The molecular weight excluding hydrogens is 406 g/mol. The number of hydrogen-bond acceptors (Lipinski definition) is 5. The number of halogens is 1. The molecule has 2 unspecified atom stereocenters. The van der Waals surface area contributed by atoms with Crippen molar-refractivity contribution in [3.05, 3.63) is 15.0 Å². The van der Waals surface area contributed by atoms with E-state index in [2.05, 4.69) is 54.8 Å². The minimum absolute atomic E-state index is 0.0847. The van der Waals surface area contributed by atoms with E-state index in [1.807, 2.05) is 5.51 Å². The van der Waals surface area contributed by atoms with Crippen molar-refractivity contribution < 1.29 is 13.9 Å². The Morgan fingerprint density at radius 1 is 1.42 bits per heavy atom. The van der Waals surface area contributed by atoms with Crippen molar-refractivity contribution in [2.45, 2.75) is 77.0 Å². The van der Waals surface area contributed by atoms with Crippen LogP contribution in [0.3, 0.4) is 0 Å². The molecule has 0 bridgehead atoms. The summed E-state index contributed by atoms with van der Waals surface area (Å²) in [5.74, 6) is 0. The molecule has 1 fully saturated rings. The van der Waals surface area contributed by atoms with E-state index in [0.717, 1.165) is 41.8 Å². The molecule has 0 radical (unpaired) electrons. The van der Waals surface area contributed by atoms with Crippen LogP contribution in [0.2, 0.25) is 18.1 Å². The van der Waals surface area contributed by atoms with Gasteiger partial charge in [0.25, 0.3) is 0 Å². The highest BCUT2D eigenvalue weighted by Crippen LogP contribution is 2.38. The predicted molar refractivity (Wildman–Crippen MR) is 105 cm³/mol. The summed E-state index contributed by atoms with van der Waals surface area (Å²) < 4.78 is 19.4. The minimum atomic E-state index is -1.74. The maximum absolute atomic E-state index is 6.33. The number of rotatable bonds is 7. The first-order valence-electron chi connectivity index (χ1n) is 8.70. The predicted octanol–water partition coefficient (Wildman–Crippen LogP) is 5.90. The van der Waals surface area contributed by atoms with E-state index in [4.69, 9.17) is 13.9 Å². The van der Waals surface area contributed by atoms with E-state index in [1.54, 1.807) is 11.3 Å². The topological polar surface area (TPSA) is 40.6 Å². The molecular formula is C17H30BrNO3SSi. The number of aromatic nitrogens is 1. The fourth-order valence-corrected chi connectivity index (χ4v) is 4.59. The average molecular weight is 436 g/mol. The maximum Gasteiger partial charge on any atom is 0.191 e. The average Bonchev–Trinajstić information content (AvgIpc) is 2.92. The van der Waals surface area contributed by atoms with E-state index in [-0.39, 0.29) is 17.4 Å². The molecule has 24 heavy (non-hydrogen) atoms. The first-order valence-corrected chi connectivity index (χ1v) is 13.3. The van der Waals surface area contributed by atoms with E-state index in [0.29, 0.717) is 6.61 Å². The molecule has 1 saturated heterocycles. The molecule has 2 rings (SSSR count). The van der Waals surface area contributed by atoms with Gasteiger partial charge in [-0.25, -0.2) is 4.98 Å². The number of nitrogens with zero attached hydrogens (tertiary/aromatic N) is 1. The molecule has 0 aliphatic carbocycles. The normalized spacial score (nSPS) is 21.0. The molecule has 0 amide bonds. The highest BCUT2D eigenvalue weighted by molar-refractivity contribution is 9.11. The molecule has 2 atom stereocenters. The molecule has 0 aromatic carbocycles. The van der Waals surface area contributed by atoms with Crippen LogP contribution in [-0.2, 0) is 13.9 Å². The van der Waals surface area contributed by atoms with Crippen LogP contribution in [0, 0.1) is 0 Å². The summed E-state index contributed by atoms with van der Waals surface area (Å²) >= 11 is 5.19. The Balaban J connectivity index is 1.97. The molecule has 138 valence electrons. The van der Waals surface area contributed by atoms with Crippen molar-refractivity contribution in [2.75, 3.05) is 13.2 Å². The third-order valence-electron chi connectivity index (χ3n) is 4.96. The highest BCUT2D eigenvalue weighted by Gasteiger charge is 2.37. The second-order valence-electron chi connectivity index (χ2n) is 7.83. The smallest absolute Gasteiger partial charge is 0.191 e. The number of ether oxygens (including phenoxy) is 2. The molecule has 1 aliphatic heterocycles. The van der Waals surface area contributed by atoms with Crippen LogP contribution >= 0.6 is 27.3 Å². The third kappa shape index (κ3) is 5.61. The van der Waals surface area contributed by atoms with Crippen LogP contribution in [0.4, 0.5) is 0 Å². The van der Waals surface area contributed by atoms with Gasteiger partial charge in [-0.1, -0.05) is 20.8 Å². The van der Waals surface area contributed by atoms with Crippen LogP contribution in [0.1, 0.15) is 58.3 Å². The first-order chi connectivity index (χ1) is 11.2. The molecule has 2 heterocycles. The molecule has 7 heteroatoms. The van der Waals surface area contributed by atoms with Gasteiger partial charge in [0.15, 0.2) is 14.6 Å². The van der Waals surface area contributed by atoms with E-state index in [1.165, 1.54) is 0 Å². The molecule has 0 saturated carbocycles. The molecule has 0 N–H and O–H groups in total. The SMILES string of the molecule is CC(C)(C)[Si](C)(C)OCCC(OC1CCCCO1)c1ncsc1Br. The summed E-state index contributed by atoms with van der Waals surface area (Å²) in [4.78, 5) is 4.49. The maximum atomic E-state index is 6.33. The molecule has 1 aromatic heterocycles. The van der Waals surface area contributed by atoms with Gasteiger partial charge in [-0.3, -0.25) is 0 Å². The quantitative estimate of drug-likeness (QED) is 0.499. The Bertz CT molecular complexity index is 512. The Morgan fingerprint density at radius 2 is 2.17 bits per heavy atom. The summed E-state index contributed by atoms with van der Waals surface area (Å²) in [7, 11) is -1.74. The van der Waals surface area contributed by atoms with Crippen LogP contribution in [0.15, 0.2) is 9.30 Å². The van der Waals surface area contributed by atoms with Crippen molar-refractivity contribution in [2.24, 2.45) is 0 Å². The Morgan fingerprint density at radius 3 is 2.71 bits per heavy atom. The van der Waals surface area contributed by atoms with Crippen molar-refractivity contribution in [1.29, 1.82) is 0 Å². The molecule has 1 aromatic rings. The molecule has 4 nitrogen and oxygen atoms in total. The second-order valence-corrected chi connectivity index (χ2v) is 14.8. The first kappa shape index (κ1) is 20.5. The van der Waals surface area contributed by atoms with Crippen molar-refractivity contribution >= 4 is 35.6 Å². The third-order valence-corrected chi connectivity index (χ3v) is 11.1. The Hall–Kier alpha value is 0.207. The van der Waals surface area contributed by atoms with Crippen LogP contribution in [-0.4, -0.2) is 32.8 Å². The van der Waals surface area contributed by atoms with Gasteiger partial charge in [-0.2, -0.15) is 0 Å². The monoisotopic (exact) mass is 435 g/mol. The summed E-state index contributed by atoms with van der Waals surface area (Å²) in [5.41, 5.74) is 2.82. The zero-order valence-corrected chi connectivity index (χ0v) is 18.8. The van der Waals surface area contributed by atoms with Gasteiger partial charge < -0.3 is 13.9 Å². The number of hydrogen-bond donors (Lipinski definition) is 0. The van der Waals surface area contributed by atoms with Gasteiger partial charge >= 0.3 is 0 Å². The second kappa shape index (κ2) is 8.73. The zero-order chi connectivity index (χ0) is 17.8. The van der Waals surface area contributed by atoms with Crippen LogP contribution in [0.5, 0.6) is 0 Å². The fraction of sp³-hybridized carbons (Fsp3) is 0.824. The Kier molecular flexibility index (Phi) is 7.46. The lowest BCUT2D eigenvalue weighted by Crippen LogP contribution is -2.41. The minimum Gasteiger partial charge on any atom is -0.417 e. The van der Waals surface area contributed by atoms with E-state index >= 15 is 0 Å².